The van der Waals surface area contributed by atoms with E-state index in [2.05, 4.69) is 0 Å². The average Bonchev–Trinajstić information content (AvgIpc) is 2.39. The molecule has 0 spiro atoms. The molecule has 2 nitrogen and oxygen atoms in total. The Labute approximate surface area is 99.8 Å². The van der Waals surface area contributed by atoms with Gasteiger partial charge in [-0.25, -0.2) is 0 Å². The molecule has 3 rings (SSSR count). The van der Waals surface area contributed by atoms with Gasteiger partial charge in [-0.2, -0.15) is 0 Å². The van der Waals surface area contributed by atoms with Crippen LogP contribution in [-0.2, 0) is 0 Å². The number of fused-ring (bicyclic) bond motifs is 1. The molecule has 2 aromatic rings. The molecule has 0 saturated heterocycles. The van der Waals surface area contributed by atoms with Crippen molar-refractivity contribution < 1.29 is 9.84 Å². The van der Waals surface area contributed by atoms with Crippen LogP contribution in [0.5, 0.6) is 5.75 Å². The van der Waals surface area contributed by atoms with Crippen molar-refractivity contribution in [2.24, 2.45) is 0 Å². The van der Waals surface area contributed by atoms with Gasteiger partial charge in [-0.05, 0) is 12.1 Å². The smallest absolute Gasteiger partial charge is 0.180 e. The summed E-state index contributed by atoms with van der Waals surface area (Å²) in [7, 11) is 0. The van der Waals surface area contributed by atoms with E-state index >= 15 is 0 Å². The highest BCUT2D eigenvalue weighted by atomic mass is 16.5. The lowest BCUT2D eigenvalue weighted by atomic mass is 10.0. The van der Waals surface area contributed by atoms with Crippen LogP contribution in [0.1, 0.15) is 17.2 Å². The molecule has 0 amide bonds. The van der Waals surface area contributed by atoms with Gasteiger partial charge in [0, 0.05) is 11.1 Å². The number of benzene rings is 2. The number of hydrogen-bond acceptors (Lipinski definition) is 2. The second kappa shape index (κ2) is 3.98. The van der Waals surface area contributed by atoms with Crippen LogP contribution >= 0.6 is 0 Å². The molecule has 17 heavy (non-hydrogen) atoms. The van der Waals surface area contributed by atoms with Gasteiger partial charge < -0.3 is 9.84 Å². The van der Waals surface area contributed by atoms with Gasteiger partial charge in [-0.15, -0.1) is 0 Å². The highest BCUT2D eigenvalue weighted by Gasteiger charge is 2.23. The Morgan fingerprint density at radius 3 is 2.41 bits per heavy atom. The molecule has 1 N–H and O–H groups in total. The van der Waals surface area contributed by atoms with Crippen LogP contribution < -0.4 is 4.74 Å². The van der Waals surface area contributed by atoms with Gasteiger partial charge in [0.2, 0.25) is 0 Å². The standard InChI is InChI=1S/C15H12O2/c16-13-10-12-8-4-5-9-14(12)17-15(13)11-6-2-1-3-7-11/h1-10,15-16H/t15-/m1/s1. The maximum Gasteiger partial charge on any atom is 0.180 e. The summed E-state index contributed by atoms with van der Waals surface area (Å²) in [4.78, 5) is 0. The van der Waals surface area contributed by atoms with E-state index in [0.29, 0.717) is 0 Å². The molecule has 1 heterocycles. The molecule has 0 aromatic heterocycles. The predicted molar refractivity (Wildman–Crippen MR) is 66.9 cm³/mol. The Bertz CT molecular complexity index is 558. The molecule has 84 valence electrons. The van der Waals surface area contributed by atoms with Crippen molar-refractivity contribution in [3.8, 4) is 5.75 Å². The van der Waals surface area contributed by atoms with Crippen molar-refractivity contribution in [1.82, 2.24) is 0 Å². The zero-order valence-electron chi connectivity index (χ0n) is 9.21. The number of para-hydroxylation sites is 1. The number of hydrogen-bond donors (Lipinski definition) is 1. The van der Waals surface area contributed by atoms with E-state index in [1.54, 1.807) is 6.08 Å². The molecular weight excluding hydrogens is 212 g/mol. The van der Waals surface area contributed by atoms with Gasteiger partial charge in [0.15, 0.2) is 6.10 Å². The van der Waals surface area contributed by atoms with Crippen molar-refractivity contribution >= 4 is 6.08 Å². The highest BCUT2D eigenvalue weighted by Crippen LogP contribution is 2.35. The third kappa shape index (κ3) is 1.78. The SMILES string of the molecule is OC1=Cc2ccccc2O[C@@H]1c1ccccc1. The molecule has 2 aromatic carbocycles. The summed E-state index contributed by atoms with van der Waals surface area (Å²) in [5.41, 5.74) is 1.87. The van der Waals surface area contributed by atoms with Crippen LogP contribution in [0.2, 0.25) is 0 Å². The average molecular weight is 224 g/mol. The van der Waals surface area contributed by atoms with Gasteiger partial charge in [0.1, 0.15) is 11.5 Å². The highest BCUT2D eigenvalue weighted by molar-refractivity contribution is 5.62. The minimum atomic E-state index is -0.397. The summed E-state index contributed by atoms with van der Waals surface area (Å²) in [5.74, 6) is 1.05. The van der Waals surface area contributed by atoms with E-state index in [-0.39, 0.29) is 5.76 Å². The molecule has 2 heteroatoms. The van der Waals surface area contributed by atoms with Crippen LogP contribution in [-0.4, -0.2) is 5.11 Å². The molecule has 0 saturated carbocycles. The van der Waals surface area contributed by atoms with Gasteiger partial charge in [0.05, 0.1) is 0 Å². The fourth-order valence-corrected chi connectivity index (χ4v) is 2.00. The summed E-state index contributed by atoms with van der Waals surface area (Å²) in [6.07, 6.45) is 1.36. The van der Waals surface area contributed by atoms with Gasteiger partial charge >= 0.3 is 0 Å². The summed E-state index contributed by atoms with van der Waals surface area (Å²) in [5, 5.41) is 10.0. The van der Waals surface area contributed by atoms with E-state index in [4.69, 9.17) is 4.74 Å². The van der Waals surface area contributed by atoms with E-state index in [1.807, 2.05) is 54.6 Å². The lowest BCUT2D eigenvalue weighted by molar-refractivity contribution is 0.175. The Morgan fingerprint density at radius 2 is 1.59 bits per heavy atom. The Balaban J connectivity index is 2.02. The fourth-order valence-electron chi connectivity index (χ4n) is 2.00. The molecule has 0 fully saturated rings. The van der Waals surface area contributed by atoms with Gasteiger partial charge in [-0.1, -0.05) is 48.5 Å². The molecule has 1 atom stereocenters. The van der Waals surface area contributed by atoms with Crippen molar-refractivity contribution in [2.75, 3.05) is 0 Å². The van der Waals surface area contributed by atoms with Crippen molar-refractivity contribution in [3.05, 3.63) is 71.5 Å². The van der Waals surface area contributed by atoms with Crippen molar-refractivity contribution in [2.45, 2.75) is 6.10 Å². The minimum absolute atomic E-state index is 0.245. The van der Waals surface area contributed by atoms with Crippen LogP contribution in [0.3, 0.4) is 0 Å². The quantitative estimate of drug-likeness (QED) is 0.800. The number of rotatable bonds is 1. The zero-order chi connectivity index (χ0) is 11.7. The first-order chi connectivity index (χ1) is 8.34. The van der Waals surface area contributed by atoms with Crippen molar-refractivity contribution in [3.63, 3.8) is 0 Å². The zero-order valence-corrected chi connectivity index (χ0v) is 9.21. The lowest BCUT2D eigenvalue weighted by Gasteiger charge is -2.24. The van der Waals surface area contributed by atoms with E-state index in [9.17, 15) is 5.11 Å². The number of ether oxygens (including phenoxy) is 1. The lowest BCUT2D eigenvalue weighted by Crippen LogP contribution is -2.14. The first-order valence-corrected chi connectivity index (χ1v) is 5.56. The van der Waals surface area contributed by atoms with E-state index in [1.165, 1.54) is 0 Å². The summed E-state index contributed by atoms with van der Waals surface area (Å²) >= 11 is 0. The van der Waals surface area contributed by atoms with Crippen LogP contribution in [0, 0.1) is 0 Å². The van der Waals surface area contributed by atoms with Crippen LogP contribution in [0.25, 0.3) is 6.08 Å². The summed E-state index contributed by atoms with van der Waals surface area (Å²) in [6, 6.07) is 17.4. The normalized spacial score (nSPS) is 17.9. The Hall–Kier alpha value is -2.22. The second-order valence-corrected chi connectivity index (χ2v) is 4.02. The number of aliphatic hydroxyl groups excluding tert-OH is 1. The van der Waals surface area contributed by atoms with E-state index in [0.717, 1.165) is 16.9 Å². The molecule has 1 aliphatic heterocycles. The van der Waals surface area contributed by atoms with E-state index < -0.39 is 6.10 Å². The summed E-state index contributed by atoms with van der Waals surface area (Å²) < 4.78 is 5.81. The molecular formula is C15H12O2. The minimum Gasteiger partial charge on any atom is -0.508 e. The summed E-state index contributed by atoms with van der Waals surface area (Å²) in [6.45, 7) is 0. The first kappa shape index (κ1) is 9.97. The van der Waals surface area contributed by atoms with Gasteiger partial charge in [-0.3, -0.25) is 0 Å². The Kier molecular flexibility index (Phi) is 2.33. The second-order valence-electron chi connectivity index (χ2n) is 4.02. The fraction of sp³-hybridized carbons (Fsp3) is 0.0667. The maximum atomic E-state index is 10.0. The third-order valence-corrected chi connectivity index (χ3v) is 2.84. The number of aliphatic hydroxyl groups is 1. The molecule has 1 aliphatic rings. The van der Waals surface area contributed by atoms with Crippen molar-refractivity contribution in [1.29, 1.82) is 0 Å². The first-order valence-electron chi connectivity index (χ1n) is 5.56. The van der Waals surface area contributed by atoms with Crippen LogP contribution in [0.15, 0.2) is 60.4 Å². The molecule has 0 bridgehead atoms. The molecule has 0 aliphatic carbocycles. The topological polar surface area (TPSA) is 29.5 Å². The monoisotopic (exact) mass is 224 g/mol. The maximum absolute atomic E-state index is 10.0. The third-order valence-electron chi connectivity index (χ3n) is 2.84. The molecule has 0 unspecified atom stereocenters. The Morgan fingerprint density at radius 1 is 0.882 bits per heavy atom. The van der Waals surface area contributed by atoms with Crippen LogP contribution in [0.4, 0.5) is 0 Å². The largest absolute Gasteiger partial charge is 0.508 e. The predicted octanol–water partition coefficient (Wildman–Crippen LogP) is 3.72. The molecule has 0 radical (unpaired) electrons. The van der Waals surface area contributed by atoms with Gasteiger partial charge in [0.25, 0.3) is 0 Å².